The summed E-state index contributed by atoms with van der Waals surface area (Å²) in [5.74, 6) is 1.55. The van der Waals surface area contributed by atoms with Crippen LogP contribution in [-0.2, 0) is 0 Å². The largest absolute Gasteiger partial charge is 0.497 e. The molecule has 1 heterocycles. The standard InChI is InChI=1S/C20H20N2O4/c1-24-15-8-9-16(18(13-15)25-2)20(23)22-11-12-26-17-7-3-5-14-6-4-10-21-19(14)17/h3-10,13H,11-12H2,1-2H3,(H,22,23). The molecule has 3 rings (SSSR count). The zero-order valence-corrected chi connectivity index (χ0v) is 14.7. The van der Waals surface area contributed by atoms with E-state index in [1.165, 1.54) is 7.11 Å². The van der Waals surface area contributed by atoms with Gasteiger partial charge < -0.3 is 19.5 Å². The van der Waals surface area contributed by atoms with Crippen molar-refractivity contribution in [2.75, 3.05) is 27.4 Å². The number of ether oxygens (including phenoxy) is 3. The summed E-state index contributed by atoms with van der Waals surface area (Å²) in [7, 11) is 3.08. The Morgan fingerprint density at radius 2 is 1.88 bits per heavy atom. The Morgan fingerprint density at radius 1 is 1.04 bits per heavy atom. The van der Waals surface area contributed by atoms with Gasteiger partial charge in [0.05, 0.1) is 26.3 Å². The molecular formula is C20H20N2O4. The average Bonchev–Trinajstić information content (AvgIpc) is 2.70. The first-order chi connectivity index (χ1) is 12.7. The predicted octanol–water partition coefficient (Wildman–Crippen LogP) is 3.06. The van der Waals surface area contributed by atoms with Crippen LogP contribution in [0.5, 0.6) is 17.2 Å². The maximum Gasteiger partial charge on any atom is 0.255 e. The van der Waals surface area contributed by atoms with Gasteiger partial charge in [-0.3, -0.25) is 9.78 Å². The molecule has 0 radical (unpaired) electrons. The quantitative estimate of drug-likeness (QED) is 0.662. The molecule has 0 atom stereocenters. The zero-order valence-electron chi connectivity index (χ0n) is 14.7. The lowest BCUT2D eigenvalue weighted by atomic mass is 10.1. The second kappa shape index (κ2) is 8.20. The number of carbonyl (C=O) groups excluding carboxylic acids is 1. The number of fused-ring (bicyclic) bond motifs is 1. The molecule has 0 aliphatic rings. The molecule has 1 N–H and O–H groups in total. The third-order valence-corrected chi connectivity index (χ3v) is 3.89. The zero-order chi connectivity index (χ0) is 18.4. The highest BCUT2D eigenvalue weighted by Crippen LogP contribution is 2.25. The normalized spacial score (nSPS) is 10.4. The van der Waals surface area contributed by atoms with E-state index in [0.717, 1.165) is 10.9 Å². The van der Waals surface area contributed by atoms with Gasteiger partial charge in [-0.2, -0.15) is 0 Å². The molecule has 26 heavy (non-hydrogen) atoms. The van der Waals surface area contributed by atoms with Crippen LogP contribution in [0.3, 0.4) is 0 Å². The summed E-state index contributed by atoms with van der Waals surface area (Å²) in [6.07, 6.45) is 1.73. The van der Waals surface area contributed by atoms with Crippen LogP contribution in [-0.4, -0.2) is 38.3 Å². The molecule has 6 nitrogen and oxygen atoms in total. The molecule has 3 aromatic rings. The van der Waals surface area contributed by atoms with Gasteiger partial charge in [0.1, 0.15) is 29.4 Å². The highest BCUT2D eigenvalue weighted by molar-refractivity contribution is 5.97. The first-order valence-electron chi connectivity index (χ1n) is 8.19. The minimum atomic E-state index is -0.232. The molecule has 0 fully saturated rings. The lowest BCUT2D eigenvalue weighted by Gasteiger charge is -2.12. The molecule has 6 heteroatoms. The van der Waals surface area contributed by atoms with E-state index in [-0.39, 0.29) is 5.91 Å². The number of methoxy groups -OCH3 is 2. The monoisotopic (exact) mass is 352 g/mol. The van der Waals surface area contributed by atoms with E-state index in [9.17, 15) is 4.79 Å². The van der Waals surface area contributed by atoms with E-state index < -0.39 is 0 Å². The van der Waals surface area contributed by atoms with Crippen LogP contribution in [0.2, 0.25) is 0 Å². The van der Waals surface area contributed by atoms with Gasteiger partial charge in [-0.25, -0.2) is 0 Å². The van der Waals surface area contributed by atoms with Crippen molar-refractivity contribution < 1.29 is 19.0 Å². The lowest BCUT2D eigenvalue weighted by molar-refractivity contribution is 0.0944. The van der Waals surface area contributed by atoms with E-state index >= 15 is 0 Å². The smallest absolute Gasteiger partial charge is 0.255 e. The number of amides is 1. The molecule has 0 spiro atoms. The number of para-hydroxylation sites is 1. The van der Waals surface area contributed by atoms with Crippen LogP contribution in [0.4, 0.5) is 0 Å². The predicted molar refractivity (Wildman–Crippen MR) is 99.1 cm³/mol. The van der Waals surface area contributed by atoms with Gasteiger partial charge in [0.2, 0.25) is 0 Å². The van der Waals surface area contributed by atoms with Gasteiger partial charge in [0.25, 0.3) is 5.91 Å². The number of pyridine rings is 1. The Balaban J connectivity index is 1.59. The number of nitrogens with one attached hydrogen (secondary N) is 1. The molecule has 1 aromatic heterocycles. The van der Waals surface area contributed by atoms with Gasteiger partial charge in [0.15, 0.2) is 0 Å². The second-order valence-electron chi connectivity index (χ2n) is 5.50. The highest BCUT2D eigenvalue weighted by Gasteiger charge is 2.13. The number of hydrogen-bond acceptors (Lipinski definition) is 5. The number of benzene rings is 2. The summed E-state index contributed by atoms with van der Waals surface area (Å²) in [6, 6.07) is 14.7. The van der Waals surface area contributed by atoms with E-state index in [1.54, 1.807) is 31.5 Å². The van der Waals surface area contributed by atoms with Crippen molar-refractivity contribution in [3.8, 4) is 17.2 Å². The minimum absolute atomic E-state index is 0.232. The van der Waals surface area contributed by atoms with Crippen molar-refractivity contribution >= 4 is 16.8 Å². The fourth-order valence-electron chi connectivity index (χ4n) is 2.60. The van der Waals surface area contributed by atoms with Gasteiger partial charge in [-0.1, -0.05) is 18.2 Å². The van der Waals surface area contributed by atoms with Gasteiger partial charge in [-0.15, -0.1) is 0 Å². The number of rotatable bonds is 7. The Morgan fingerprint density at radius 3 is 2.69 bits per heavy atom. The van der Waals surface area contributed by atoms with Crippen molar-refractivity contribution in [2.24, 2.45) is 0 Å². The topological polar surface area (TPSA) is 69.7 Å². The molecular weight excluding hydrogens is 332 g/mol. The van der Waals surface area contributed by atoms with Crippen molar-refractivity contribution in [2.45, 2.75) is 0 Å². The second-order valence-corrected chi connectivity index (χ2v) is 5.50. The summed E-state index contributed by atoms with van der Waals surface area (Å²) in [6.45, 7) is 0.692. The molecule has 1 amide bonds. The van der Waals surface area contributed by atoms with Crippen LogP contribution >= 0.6 is 0 Å². The van der Waals surface area contributed by atoms with Gasteiger partial charge in [-0.05, 0) is 24.3 Å². The third kappa shape index (κ3) is 3.85. The average molecular weight is 352 g/mol. The van der Waals surface area contributed by atoms with Crippen LogP contribution < -0.4 is 19.5 Å². The van der Waals surface area contributed by atoms with Gasteiger partial charge >= 0.3 is 0 Å². The number of nitrogens with zero attached hydrogens (tertiary/aromatic N) is 1. The number of aromatic nitrogens is 1. The highest BCUT2D eigenvalue weighted by atomic mass is 16.5. The van der Waals surface area contributed by atoms with Gasteiger partial charge in [0, 0.05) is 17.6 Å². The Kier molecular flexibility index (Phi) is 5.53. The summed E-state index contributed by atoms with van der Waals surface area (Å²) in [5, 5.41) is 3.84. The van der Waals surface area contributed by atoms with E-state index in [0.29, 0.717) is 36.0 Å². The fraction of sp³-hybridized carbons (Fsp3) is 0.200. The Bertz CT molecular complexity index is 906. The fourth-order valence-corrected chi connectivity index (χ4v) is 2.60. The first kappa shape index (κ1) is 17.5. The maximum atomic E-state index is 12.3. The van der Waals surface area contributed by atoms with Crippen molar-refractivity contribution in [3.05, 3.63) is 60.3 Å². The molecule has 0 aliphatic carbocycles. The summed E-state index contributed by atoms with van der Waals surface area (Å²) >= 11 is 0. The summed E-state index contributed by atoms with van der Waals surface area (Å²) in [4.78, 5) is 16.7. The first-order valence-corrected chi connectivity index (χ1v) is 8.19. The summed E-state index contributed by atoms with van der Waals surface area (Å²) in [5.41, 5.74) is 1.25. The van der Waals surface area contributed by atoms with E-state index in [2.05, 4.69) is 10.3 Å². The lowest BCUT2D eigenvalue weighted by Crippen LogP contribution is -2.28. The molecule has 0 unspecified atom stereocenters. The summed E-state index contributed by atoms with van der Waals surface area (Å²) < 4.78 is 16.2. The minimum Gasteiger partial charge on any atom is -0.497 e. The molecule has 134 valence electrons. The van der Waals surface area contributed by atoms with Crippen molar-refractivity contribution in [3.63, 3.8) is 0 Å². The molecule has 0 aliphatic heterocycles. The molecule has 0 saturated heterocycles. The third-order valence-electron chi connectivity index (χ3n) is 3.89. The molecule has 0 bridgehead atoms. The van der Waals surface area contributed by atoms with Crippen LogP contribution in [0.1, 0.15) is 10.4 Å². The SMILES string of the molecule is COc1ccc(C(=O)NCCOc2cccc3cccnc23)c(OC)c1. The van der Waals surface area contributed by atoms with Crippen LogP contribution in [0.25, 0.3) is 10.9 Å². The van der Waals surface area contributed by atoms with E-state index in [4.69, 9.17) is 14.2 Å². The van der Waals surface area contributed by atoms with Crippen molar-refractivity contribution in [1.82, 2.24) is 10.3 Å². The molecule has 2 aromatic carbocycles. The number of hydrogen-bond donors (Lipinski definition) is 1. The Labute approximate surface area is 151 Å². The van der Waals surface area contributed by atoms with Crippen LogP contribution in [0.15, 0.2) is 54.7 Å². The maximum absolute atomic E-state index is 12.3. The van der Waals surface area contributed by atoms with Crippen molar-refractivity contribution in [1.29, 1.82) is 0 Å². The van der Waals surface area contributed by atoms with Crippen LogP contribution in [0, 0.1) is 0 Å². The Hall–Kier alpha value is -3.28. The number of carbonyl (C=O) groups is 1. The van der Waals surface area contributed by atoms with E-state index in [1.807, 2.05) is 30.3 Å². The molecule has 0 saturated carbocycles.